The molecule has 196 valence electrons. The monoisotopic (exact) mass is 523 g/mol. The third-order valence-corrected chi connectivity index (χ3v) is 7.20. The highest BCUT2D eigenvalue weighted by Gasteiger charge is 2.36. The van der Waals surface area contributed by atoms with Crippen molar-refractivity contribution in [2.24, 2.45) is 0 Å². The lowest BCUT2D eigenvalue weighted by molar-refractivity contribution is -0.124. The van der Waals surface area contributed by atoms with Gasteiger partial charge in [0, 0.05) is 37.4 Å². The van der Waals surface area contributed by atoms with Crippen LogP contribution in [0.3, 0.4) is 0 Å². The lowest BCUT2D eigenvalue weighted by atomic mass is 10.2. The van der Waals surface area contributed by atoms with Crippen molar-refractivity contribution in [2.45, 2.75) is 26.7 Å². The third-order valence-electron chi connectivity index (χ3n) is 6.29. The molecular weight excluding hydrogens is 490 g/mol. The number of anilines is 1. The number of ether oxygens (including phenoxy) is 2. The summed E-state index contributed by atoms with van der Waals surface area (Å²) in [6.07, 6.45) is 3.75. The maximum absolute atomic E-state index is 13.1. The Morgan fingerprint density at radius 2 is 1.73 bits per heavy atom. The van der Waals surface area contributed by atoms with Crippen LogP contribution < -0.4 is 9.64 Å². The highest BCUT2D eigenvalue weighted by molar-refractivity contribution is 8.18. The molecule has 2 amide bonds. The highest BCUT2D eigenvalue weighted by Crippen LogP contribution is 2.34. The first-order chi connectivity index (χ1) is 18.0. The number of benzene rings is 2. The Balaban J connectivity index is 1.33. The van der Waals surface area contributed by atoms with Gasteiger partial charge in [-0.05, 0) is 61.5 Å². The zero-order chi connectivity index (χ0) is 26.2. The molecule has 2 aliphatic rings. The zero-order valence-corrected chi connectivity index (χ0v) is 22.2. The topological polar surface area (TPSA) is 79.4 Å². The largest absolute Gasteiger partial charge is 0.493 e. The summed E-state index contributed by atoms with van der Waals surface area (Å²) < 4.78 is 10.9. The quantitative estimate of drug-likeness (QED) is 0.248. The van der Waals surface area contributed by atoms with Crippen LogP contribution in [0.1, 0.15) is 42.6 Å². The smallest absolute Gasteiger partial charge is 0.338 e. The number of para-hydroxylation sites is 1. The number of imide groups is 1. The summed E-state index contributed by atoms with van der Waals surface area (Å²) >= 11 is 0.975. The number of rotatable bonds is 10. The highest BCUT2D eigenvalue weighted by atomic mass is 32.2. The van der Waals surface area contributed by atoms with Crippen LogP contribution in [0.15, 0.2) is 53.4 Å². The molecule has 2 fully saturated rings. The Labute approximate surface area is 222 Å². The van der Waals surface area contributed by atoms with Crippen LogP contribution in [0.5, 0.6) is 5.75 Å². The van der Waals surface area contributed by atoms with Crippen molar-refractivity contribution >= 4 is 40.6 Å². The van der Waals surface area contributed by atoms with E-state index in [1.165, 1.54) is 4.90 Å². The number of hydrogen-bond donors (Lipinski definition) is 0. The Kier molecular flexibility index (Phi) is 9.24. The molecule has 0 spiro atoms. The molecule has 4 rings (SSSR count). The molecule has 0 unspecified atom stereocenters. The summed E-state index contributed by atoms with van der Waals surface area (Å²) in [5, 5.41) is -0.252. The Morgan fingerprint density at radius 1 is 1.00 bits per heavy atom. The van der Waals surface area contributed by atoms with E-state index in [-0.39, 0.29) is 23.8 Å². The molecule has 8 nitrogen and oxygen atoms in total. The zero-order valence-electron chi connectivity index (χ0n) is 21.4. The first-order valence-electron chi connectivity index (χ1n) is 12.7. The Bertz CT molecular complexity index is 1140. The van der Waals surface area contributed by atoms with Crippen molar-refractivity contribution in [1.29, 1.82) is 0 Å². The van der Waals surface area contributed by atoms with E-state index in [0.29, 0.717) is 42.5 Å². The van der Waals surface area contributed by atoms with Gasteiger partial charge in [0.1, 0.15) is 5.75 Å². The lowest BCUT2D eigenvalue weighted by Crippen LogP contribution is -2.50. The van der Waals surface area contributed by atoms with Crippen LogP contribution in [-0.4, -0.2) is 73.0 Å². The number of piperazine rings is 1. The van der Waals surface area contributed by atoms with Crippen molar-refractivity contribution in [3.63, 3.8) is 0 Å². The Morgan fingerprint density at radius 3 is 2.43 bits per heavy atom. The van der Waals surface area contributed by atoms with Crippen molar-refractivity contribution in [1.82, 2.24) is 9.80 Å². The van der Waals surface area contributed by atoms with Crippen molar-refractivity contribution in [2.75, 3.05) is 51.0 Å². The molecule has 0 N–H and O–H groups in total. The van der Waals surface area contributed by atoms with E-state index < -0.39 is 0 Å². The number of hydrogen-bond acceptors (Lipinski definition) is 8. The second-order valence-electron chi connectivity index (χ2n) is 8.86. The third kappa shape index (κ3) is 6.72. The average Bonchev–Trinajstić information content (AvgIpc) is 3.17. The van der Waals surface area contributed by atoms with Crippen LogP contribution in [0.4, 0.5) is 10.5 Å². The molecule has 0 atom stereocenters. The van der Waals surface area contributed by atoms with E-state index in [2.05, 4.69) is 16.7 Å². The minimum absolute atomic E-state index is 0.252. The number of carbonyl (C=O) groups is 3. The molecule has 37 heavy (non-hydrogen) atoms. The lowest BCUT2D eigenvalue weighted by Gasteiger charge is -2.37. The van der Waals surface area contributed by atoms with Gasteiger partial charge in [0.05, 0.1) is 30.4 Å². The van der Waals surface area contributed by atoms with E-state index in [4.69, 9.17) is 9.47 Å². The van der Waals surface area contributed by atoms with E-state index in [1.54, 1.807) is 25.1 Å². The van der Waals surface area contributed by atoms with Gasteiger partial charge in [-0.3, -0.25) is 19.4 Å². The fourth-order valence-corrected chi connectivity index (χ4v) is 5.01. The fourth-order valence-electron chi connectivity index (χ4n) is 4.19. The van der Waals surface area contributed by atoms with Crippen LogP contribution in [-0.2, 0) is 9.53 Å². The molecule has 9 heteroatoms. The minimum atomic E-state index is -0.322. The molecule has 0 radical (unpaired) electrons. The summed E-state index contributed by atoms with van der Waals surface area (Å²) in [6, 6.07) is 15.0. The van der Waals surface area contributed by atoms with E-state index in [9.17, 15) is 14.4 Å². The summed E-state index contributed by atoms with van der Waals surface area (Å²) in [5.74, 6) is 0.127. The normalized spacial score (nSPS) is 17.5. The van der Waals surface area contributed by atoms with Crippen LogP contribution in [0, 0.1) is 0 Å². The van der Waals surface area contributed by atoms with E-state index >= 15 is 0 Å². The van der Waals surface area contributed by atoms with Crippen LogP contribution in [0.25, 0.3) is 6.08 Å². The summed E-state index contributed by atoms with van der Waals surface area (Å²) in [7, 11) is 0. The van der Waals surface area contributed by atoms with Crippen molar-refractivity contribution < 1.29 is 23.9 Å². The van der Waals surface area contributed by atoms with Gasteiger partial charge < -0.3 is 14.4 Å². The van der Waals surface area contributed by atoms with Gasteiger partial charge in [-0.15, -0.1) is 0 Å². The first kappa shape index (κ1) is 26.8. The van der Waals surface area contributed by atoms with Crippen molar-refractivity contribution in [3.8, 4) is 5.75 Å². The molecule has 2 saturated heterocycles. The SMILES string of the molecule is CCCCOc1ccccc1/C=C1/SC(=O)N(CN2CCN(c3ccc(C(=O)OCC)cc3)CC2)C1=O. The average molecular weight is 524 g/mol. The number of amides is 2. The van der Waals surface area contributed by atoms with E-state index in [1.807, 2.05) is 36.4 Å². The van der Waals surface area contributed by atoms with Crippen molar-refractivity contribution in [3.05, 3.63) is 64.6 Å². The fraction of sp³-hybridized carbons (Fsp3) is 0.393. The maximum Gasteiger partial charge on any atom is 0.338 e. The molecule has 2 aromatic carbocycles. The first-order valence-corrected chi connectivity index (χ1v) is 13.5. The number of unbranched alkanes of at least 4 members (excludes halogenated alkanes) is 1. The number of thioether (sulfide) groups is 1. The molecular formula is C28H33N3O5S. The summed E-state index contributed by atoms with van der Waals surface area (Å²) in [5.41, 5.74) is 2.36. The van der Waals surface area contributed by atoms with Crippen LogP contribution >= 0.6 is 11.8 Å². The number of carbonyl (C=O) groups excluding carboxylic acids is 3. The predicted octanol–water partition coefficient (Wildman–Crippen LogP) is 4.86. The molecule has 0 aromatic heterocycles. The summed E-state index contributed by atoms with van der Waals surface area (Å²) in [4.78, 5) is 43.7. The van der Waals surface area contributed by atoms with Gasteiger partial charge in [-0.25, -0.2) is 4.79 Å². The van der Waals surface area contributed by atoms with Gasteiger partial charge in [0.25, 0.3) is 11.1 Å². The molecule has 0 bridgehead atoms. The minimum Gasteiger partial charge on any atom is -0.493 e. The molecule has 2 heterocycles. The number of esters is 1. The maximum atomic E-state index is 13.1. The van der Waals surface area contributed by atoms with Gasteiger partial charge in [0.2, 0.25) is 0 Å². The van der Waals surface area contributed by atoms with E-state index in [0.717, 1.165) is 48.9 Å². The summed E-state index contributed by atoms with van der Waals surface area (Å²) in [6.45, 7) is 8.07. The van der Waals surface area contributed by atoms with Gasteiger partial charge >= 0.3 is 5.97 Å². The second kappa shape index (κ2) is 12.8. The Hall–Kier alpha value is -3.30. The molecule has 2 aliphatic heterocycles. The van der Waals surface area contributed by atoms with Crippen LogP contribution in [0.2, 0.25) is 0 Å². The van der Waals surface area contributed by atoms with Gasteiger partial charge in [-0.2, -0.15) is 0 Å². The van der Waals surface area contributed by atoms with Gasteiger partial charge in [0.15, 0.2) is 0 Å². The molecule has 0 saturated carbocycles. The van der Waals surface area contributed by atoms with Gasteiger partial charge in [-0.1, -0.05) is 31.5 Å². The molecule has 0 aliphatic carbocycles. The predicted molar refractivity (Wildman–Crippen MR) is 146 cm³/mol. The number of nitrogens with zero attached hydrogens (tertiary/aromatic N) is 3. The standard InChI is InChI=1S/C28H33N3O5S/c1-3-5-18-36-24-9-7-6-8-22(24)19-25-26(32)31(28(34)37-25)20-29-14-16-30(17-15-29)23-12-10-21(11-13-23)27(33)35-4-2/h6-13,19H,3-5,14-18,20H2,1-2H3/b25-19+. The second-order valence-corrected chi connectivity index (χ2v) is 9.86. The molecule has 2 aromatic rings.